The van der Waals surface area contributed by atoms with Crippen LogP contribution in [0.5, 0.6) is 0 Å². The minimum atomic E-state index is 0.0312. The predicted molar refractivity (Wildman–Crippen MR) is 35.3 cm³/mol. The van der Waals surface area contributed by atoms with E-state index in [9.17, 15) is 0 Å². The summed E-state index contributed by atoms with van der Waals surface area (Å²) in [6.45, 7) is 1.94. The summed E-state index contributed by atoms with van der Waals surface area (Å²) in [7, 11) is 2.02. The summed E-state index contributed by atoms with van der Waals surface area (Å²) >= 11 is 0. The molecule has 1 aliphatic heterocycles. The Labute approximate surface area is 60.2 Å². The van der Waals surface area contributed by atoms with E-state index in [2.05, 4.69) is 14.8 Å². The average molecular weight is 147 g/mol. The summed E-state index contributed by atoms with van der Waals surface area (Å²) in [5.41, 5.74) is 0. The van der Waals surface area contributed by atoms with Gasteiger partial charge in [0.25, 0.3) is 0 Å². The number of piperidine rings is 1. The van der Waals surface area contributed by atoms with Gasteiger partial charge in [-0.25, -0.2) is 10.1 Å². The average Bonchev–Trinajstić information content (AvgIpc) is 1.88. The third-order valence-electron chi connectivity index (χ3n) is 1.76. The van der Waals surface area contributed by atoms with Gasteiger partial charge in [0.1, 0.15) is 6.10 Å². The van der Waals surface area contributed by atoms with Crippen LogP contribution in [0.3, 0.4) is 0 Å². The quantitative estimate of drug-likeness (QED) is 0.456. The maximum atomic E-state index is 7.96. The summed E-state index contributed by atoms with van der Waals surface area (Å²) in [6.07, 6.45) is 2.10. The van der Waals surface area contributed by atoms with Gasteiger partial charge >= 0.3 is 0 Å². The number of rotatable bonds is 2. The molecule has 1 aliphatic rings. The van der Waals surface area contributed by atoms with Crippen LogP contribution in [0.2, 0.25) is 0 Å². The molecule has 0 saturated carbocycles. The molecule has 1 unspecified atom stereocenters. The Morgan fingerprint density at radius 1 is 1.60 bits per heavy atom. The fraction of sp³-hybridized carbons (Fsp3) is 1.00. The topological polar surface area (TPSA) is 41.9 Å². The Bertz CT molecular complexity index is 97.0. The van der Waals surface area contributed by atoms with Crippen LogP contribution in [-0.4, -0.2) is 36.4 Å². The zero-order valence-corrected chi connectivity index (χ0v) is 6.12. The van der Waals surface area contributed by atoms with E-state index in [0.717, 1.165) is 25.9 Å². The fourth-order valence-electron chi connectivity index (χ4n) is 1.26. The van der Waals surface area contributed by atoms with Gasteiger partial charge in [0.15, 0.2) is 0 Å². The lowest BCUT2D eigenvalue weighted by atomic mass is 10.1. The molecule has 0 bridgehead atoms. The number of likely N-dealkylation sites (tertiary alicyclic amines) is 1. The van der Waals surface area contributed by atoms with Crippen molar-refractivity contribution < 1.29 is 15.2 Å². The Morgan fingerprint density at radius 3 is 3.00 bits per heavy atom. The lowest BCUT2D eigenvalue weighted by Gasteiger charge is -2.27. The van der Waals surface area contributed by atoms with Gasteiger partial charge in [0, 0.05) is 6.54 Å². The SMILES string of the molecule is CN1CCCC(OOO)C1. The molecule has 10 heavy (non-hydrogen) atoms. The zero-order valence-electron chi connectivity index (χ0n) is 6.12. The first kappa shape index (κ1) is 7.94. The molecular formula is C6H13NO3. The van der Waals surface area contributed by atoms with Gasteiger partial charge in [-0.1, -0.05) is 5.04 Å². The van der Waals surface area contributed by atoms with Crippen molar-refractivity contribution in [3.05, 3.63) is 0 Å². The van der Waals surface area contributed by atoms with E-state index in [4.69, 9.17) is 5.26 Å². The van der Waals surface area contributed by atoms with Crippen molar-refractivity contribution >= 4 is 0 Å². The molecule has 0 aromatic carbocycles. The van der Waals surface area contributed by atoms with E-state index in [1.54, 1.807) is 0 Å². The highest BCUT2D eigenvalue weighted by molar-refractivity contribution is 4.68. The second-order valence-corrected chi connectivity index (χ2v) is 2.70. The normalized spacial score (nSPS) is 28.8. The number of likely N-dealkylation sites (N-methyl/N-ethyl adjacent to an activating group) is 1. The molecule has 0 aromatic heterocycles. The monoisotopic (exact) mass is 147 g/mol. The van der Waals surface area contributed by atoms with Crippen molar-refractivity contribution in [2.45, 2.75) is 18.9 Å². The summed E-state index contributed by atoms with van der Waals surface area (Å²) in [4.78, 5) is 6.71. The van der Waals surface area contributed by atoms with E-state index in [-0.39, 0.29) is 6.10 Å². The Morgan fingerprint density at radius 2 is 2.40 bits per heavy atom. The largest absolute Gasteiger partial charge is 0.304 e. The first-order chi connectivity index (χ1) is 4.83. The van der Waals surface area contributed by atoms with Gasteiger partial charge < -0.3 is 4.90 Å². The van der Waals surface area contributed by atoms with E-state index < -0.39 is 0 Å². The number of hydrogen-bond acceptors (Lipinski definition) is 4. The van der Waals surface area contributed by atoms with Crippen LogP contribution in [-0.2, 0) is 9.93 Å². The molecule has 60 valence electrons. The second kappa shape index (κ2) is 3.88. The summed E-state index contributed by atoms with van der Waals surface area (Å²) in [6, 6.07) is 0. The molecule has 1 fully saturated rings. The van der Waals surface area contributed by atoms with Gasteiger partial charge in [0.2, 0.25) is 0 Å². The van der Waals surface area contributed by atoms with E-state index >= 15 is 0 Å². The van der Waals surface area contributed by atoms with Crippen LogP contribution >= 0.6 is 0 Å². The zero-order chi connectivity index (χ0) is 7.40. The smallest absolute Gasteiger partial charge is 0.109 e. The lowest BCUT2D eigenvalue weighted by molar-refractivity contribution is -0.507. The summed E-state index contributed by atoms with van der Waals surface area (Å²) in [5, 5.41) is 11.6. The number of nitrogens with zero attached hydrogens (tertiary/aromatic N) is 1. The molecule has 1 rings (SSSR count). The van der Waals surface area contributed by atoms with Gasteiger partial charge in [-0.3, -0.25) is 0 Å². The third kappa shape index (κ3) is 2.22. The van der Waals surface area contributed by atoms with Crippen LogP contribution in [0.15, 0.2) is 0 Å². The molecule has 4 heteroatoms. The maximum Gasteiger partial charge on any atom is 0.109 e. The Balaban J connectivity index is 2.18. The van der Waals surface area contributed by atoms with Gasteiger partial charge in [0.05, 0.1) is 0 Å². The minimum absolute atomic E-state index is 0.0312. The standard InChI is InChI=1S/C6H13NO3/c1-7-4-2-3-6(5-7)9-10-8/h6,8H,2-5H2,1H3. The molecule has 1 saturated heterocycles. The maximum absolute atomic E-state index is 7.96. The van der Waals surface area contributed by atoms with Crippen molar-refractivity contribution in [2.24, 2.45) is 0 Å². The van der Waals surface area contributed by atoms with E-state index in [1.807, 2.05) is 7.05 Å². The van der Waals surface area contributed by atoms with Crippen molar-refractivity contribution in [1.82, 2.24) is 4.90 Å². The molecule has 1 heterocycles. The molecule has 1 atom stereocenters. The molecular weight excluding hydrogens is 134 g/mol. The molecule has 0 spiro atoms. The minimum Gasteiger partial charge on any atom is -0.304 e. The lowest BCUT2D eigenvalue weighted by Crippen LogP contribution is -2.36. The van der Waals surface area contributed by atoms with Crippen LogP contribution < -0.4 is 0 Å². The van der Waals surface area contributed by atoms with Crippen LogP contribution in [0, 0.1) is 0 Å². The van der Waals surface area contributed by atoms with Gasteiger partial charge in [-0.15, -0.1) is 0 Å². The molecule has 0 aliphatic carbocycles. The summed E-state index contributed by atoms with van der Waals surface area (Å²) in [5.74, 6) is 0. The van der Waals surface area contributed by atoms with E-state index in [0.29, 0.717) is 0 Å². The van der Waals surface area contributed by atoms with Crippen molar-refractivity contribution in [3.63, 3.8) is 0 Å². The van der Waals surface area contributed by atoms with Crippen molar-refractivity contribution in [2.75, 3.05) is 20.1 Å². The highest BCUT2D eigenvalue weighted by atomic mass is 17.5. The van der Waals surface area contributed by atoms with E-state index in [1.165, 1.54) is 0 Å². The van der Waals surface area contributed by atoms with Gasteiger partial charge in [-0.05, 0) is 26.4 Å². The molecule has 0 aromatic rings. The summed E-state index contributed by atoms with van der Waals surface area (Å²) < 4.78 is 0. The Kier molecular flexibility index (Phi) is 3.08. The molecule has 0 amide bonds. The predicted octanol–water partition coefficient (Wildman–Crippen LogP) is 0.502. The molecule has 4 nitrogen and oxygen atoms in total. The first-order valence-electron chi connectivity index (χ1n) is 3.48. The highest BCUT2D eigenvalue weighted by Crippen LogP contribution is 2.10. The van der Waals surface area contributed by atoms with Crippen LogP contribution in [0.4, 0.5) is 0 Å². The first-order valence-corrected chi connectivity index (χ1v) is 3.48. The Hall–Kier alpha value is -0.160. The van der Waals surface area contributed by atoms with Crippen LogP contribution in [0.25, 0.3) is 0 Å². The molecule has 0 radical (unpaired) electrons. The fourth-order valence-corrected chi connectivity index (χ4v) is 1.26. The van der Waals surface area contributed by atoms with Crippen molar-refractivity contribution in [1.29, 1.82) is 0 Å². The van der Waals surface area contributed by atoms with Crippen molar-refractivity contribution in [3.8, 4) is 0 Å². The molecule has 1 N–H and O–H groups in total. The third-order valence-corrected chi connectivity index (χ3v) is 1.76. The highest BCUT2D eigenvalue weighted by Gasteiger charge is 2.18. The number of hydrogen-bond donors (Lipinski definition) is 1. The second-order valence-electron chi connectivity index (χ2n) is 2.70. The van der Waals surface area contributed by atoms with Gasteiger partial charge in [-0.2, -0.15) is 0 Å². The van der Waals surface area contributed by atoms with Crippen LogP contribution in [0.1, 0.15) is 12.8 Å².